The number of ether oxygens (including phenoxy) is 2. The molecule has 136 valence electrons. The first-order chi connectivity index (χ1) is 12.4. The molecule has 1 N–H and O–H groups in total. The molecule has 2 aromatic carbocycles. The van der Waals surface area contributed by atoms with Crippen molar-refractivity contribution in [2.45, 2.75) is 17.2 Å². The van der Waals surface area contributed by atoms with Crippen molar-refractivity contribution >= 4 is 31.9 Å². The number of sulfonamides is 1. The van der Waals surface area contributed by atoms with Crippen molar-refractivity contribution in [2.24, 2.45) is 5.92 Å². The van der Waals surface area contributed by atoms with E-state index in [2.05, 4.69) is 20.7 Å². The van der Waals surface area contributed by atoms with E-state index in [1.807, 2.05) is 24.3 Å². The fraction of sp³-hybridized carbons (Fsp3) is 0.278. The molecule has 1 amide bonds. The third-order valence-corrected chi connectivity index (χ3v) is 6.30. The zero-order valence-electron chi connectivity index (χ0n) is 13.6. The number of carbonyl (C=O) groups excluding carboxylic acids is 1. The maximum atomic E-state index is 12.5. The van der Waals surface area contributed by atoms with Gasteiger partial charge in [0.2, 0.25) is 5.91 Å². The Kier molecular flexibility index (Phi) is 4.40. The van der Waals surface area contributed by atoms with Crippen molar-refractivity contribution in [2.75, 3.05) is 13.2 Å². The molecule has 0 aromatic heterocycles. The molecule has 2 aliphatic rings. The minimum Gasteiger partial charge on any atom is -0.486 e. The second-order valence-electron chi connectivity index (χ2n) is 6.28. The topological polar surface area (TPSA) is 81.7 Å². The number of hydrogen-bond acceptors (Lipinski definition) is 5. The standard InChI is InChI=1S/C18H16BrNO5S/c19-12-3-1-2-11(8-12)14-10-15(14)18(21)20-26(22,23)13-4-5-16-17(9-13)25-7-6-24-16/h1-5,8-9,14-15H,6-7,10H2,(H,20,21)/t14-,15+/m1/s1. The van der Waals surface area contributed by atoms with Crippen LogP contribution >= 0.6 is 15.9 Å². The summed E-state index contributed by atoms with van der Waals surface area (Å²) in [6, 6.07) is 12.0. The summed E-state index contributed by atoms with van der Waals surface area (Å²) >= 11 is 3.41. The van der Waals surface area contributed by atoms with Gasteiger partial charge in [0.25, 0.3) is 10.0 Å². The van der Waals surface area contributed by atoms with E-state index in [0.29, 0.717) is 31.1 Å². The van der Waals surface area contributed by atoms with Crippen LogP contribution in [0, 0.1) is 5.92 Å². The summed E-state index contributed by atoms with van der Waals surface area (Å²) in [5, 5.41) is 0. The highest BCUT2D eigenvalue weighted by molar-refractivity contribution is 9.10. The van der Waals surface area contributed by atoms with Crippen LogP contribution in [-0.4, -0.2) is 27.5 Å². The van der Waals surface area contributed by atoms with E-state index in [9.17, 15) is 13.2 Å². The summed E-state index contributed by atoms with van der Waals surface area (Å²) in [5.41, 5.74) is 1.02. The Morgan fingerprint density at radius 2 is 1.85 bits per heavy atom. The van der Waals surface area contributed by atoms with Gasteiger partial charge in [0.15, 0.2) is 11.5 Å². The Morgan fingerprint density at radius 3 is 2.62 bits per heavy atom. The highest BCUT2D eigenvalue weighted by Crippen LogP contribution is 2.48. The minimum atomic E-state index is -3.96. The third-order valence-electron chi connectivity index (χ3n) is 4.46. The number of carbonyl (C=O) groups is 1. The molecule has 1 heterocycles. The predicted octanol–water partition coefficient (Wildman–Crippen LogP) is 2.83. The third kappa shape index (κ3) is 3.43. The molecule has 1 aliphatic carbocycles. The first kappa shape index (κ1) is 17.4. The van der Waals surface area contributed by atoms with Crippen LogP contribution in [0.5, 0.6) is 11.5 Å². The molecule has 4 rings (SSSR count). The fourth-order valence-electron chi connectivity index (χ4n) is 3.05. The summed E-state index contributed by atoms with van der Waals surface area (Å²) < 4.78 is 38.9. The largest absolute Gasteiger partial charge is 0.486 e. The number of fused-ring (bicyclic) bond motifs is 1. The summed E-state index contributed by atoms with van der Waals surface area (Å²) in [6.45, 7) is 0.785. The molecule has 1 fully saturated rings. The molecule has 0 saturated heterocycles. The first-order valence-corrected chi connectivity index (χ1v) is 10.4. The number of amides is 1. The van der Waals surface area contributed by atoms with Gasteiger partial charge in [0.1, 0.15) is 13.2 Å². The van der Waals surface area contributed by atoms with Gasteiger partial charge in [0, 0.05) is 16.5 Å². The summed E-state index contributed by atoms with van der Waals surface area (Å²) in [7, 11) is -3.96. The number of nitrogens with one attached hydrogen (secondary N) is 1. The van der Waals surface area contributed by atoms with Crippen LogP contribution in [0.25, 0.3) is 0 Å². The maximum Gasteiger partial charge on any atom is 0.264 e. The SMILES string of the molecule is O=C(NS(=O)(=O)c1ccc2c(c1)OCCO2)[C@H]1C[C@@H]1c1cccc(Br)c1. The van der Waals surface area contributed by atoms with E-state index in [-0.39, 0.29) is 16.7 Å². The van der Waals surface area contributed by atoms with Gasteiger partial charge in [0.05, 0.1) is 4.90 Å². The fourth-order valence-corrected chi connectivity index (χ4v) is 4.51. The normalized spacial score (nSPS) is 21.1. The lowest BCUT2D eigenvalue weighted by molar-refractivity contribution is -0.120. The van der Waals surface area contributed by atoms with Gasteiger partial charge in [-0.15, -0.1) is 0 Å². The zero-order chi connectivity index (χ0) is 18.3. The number of rotatable bonds is 4. The lowest BCUT2D eigenvalue weighted by atomic mass is 10.1. The minimum absolute atomic E-state index is 0.0187. The van der Waals surface area contributed by atoms with Crippen LogP contribution in [0.3, 0.4) is 0 Å². The summed E-state index contributed by atoms with van der Waals surface area (Å²) in [4.78, 5) is 12.4. The zero-order valence-corrected chi connectivity index (χ0v) is 16.0. The Hall–Kier alpha value is -2.06. The van der Waals surface area contributed by atoms with Crippen molar-refractivity contribution in [3.05, 3.63) is 52.5 Å². The maximum absolute atomic E-state index is 12.5. The molecule has 0 unspecified atom stereocenters. The molecular formula is C18H16BrNO5S. The highest BCUT2D eigenvalue weighted by atomic mass is 79.9. The molecule has 0 spiro atoms. The van der Waals surface area contributed by atoms with Crippen molar-refractivity contribution in [1.82, 2.24) is 4.72 Å². The van der Waals surface area contributed by atoms with Gasteiger partial charge >= 0.3 is 0 Å². The van der Waals surface area contributed by atoms with Crippen LogP contribution in [0.2, 0.25) is 0 Å². The van der Waals surface area contributed by atoms with Gasteiger partial charge in [-0.2, -0.15) is 0 Å². The molecule has 1 saturated carbocycles. The number of benzene rings is 2. The van der Waals surface area contributed by atoms with E-state index >= 15 is 0 Å². The van der Waals surface area contributed by atoms with Gasteiger partial charge in [-0.3, -0.25) is 4.79 Å². The van der Waals surface area contributed by atoms with Gasteiger partial charge in [-0.25, -0.2) is 13.1 Å². The second kappa shape index (κ2) is 6.59. The van der Waals surface area contributed by atoms with Crippen LogP contribution in [0.1, 0.15) is 17.9 Å². The predicted molar refractivity (Wildman–Crippen MR) is 97.8 cm³/mol. The Balaban J connectivity index is 1.47. The van der Waals surface area contributed by atoms with Crippen molar-refractivity contribution < 1.29 is 22.7 Å². The quantitative estimate of drug-likeness (QED) is 0.794. The van der Waals surface area contributed by atoms with E-state index in [1.165, 1.54) is 18.2 Å². The lowest BCUT2D eigenvalue weighted by Crippen LogP contribution is -2.32. The van der Waals surface area contributed by atoms with Crippen molar-refractivity contribution in [3.8, 4) is 11.5 Å². The van der Waals surface area contributed by atoms with Gasteiger partial charge in [-0.05, 0) is 42.2 Å². The Labute approximate surface area is 159 Å². The molecule has 26 heavy (non-hydrogen) atoms. The molecule has 6 nitrogen and oxygen atoms in total. The Morgan fingerprint density at radius 1 is 1.08 bits per heavy atom. The molecule has 2 atom stereocenters. The van der Waals surface area contributed by atoms with Gasteiger partial charge < -0.3 is 9.47 Å². The first-order valence-electron chi connectivity index (χ1n) is 8.16. The van der Waals surface area contributed by atoms with Crippen molar-refractivity contribution in [3.63, 3.8) is 0 Å². The average molecular weight is 438 g/mol. The number of hydrogen-bond donors (Lipinski definition) is 1. The van der Waals surface area contributed by atoms with E-state index < -0.39 is 15.9 Å². The summed E-state index contributed by atoms with van der Waals surface area (Å²) in [6.07, 6.45) is 0.638. The van der Waals surface area contributed by atoms with E-state index in [0.717, 1.165) is 10.0 Å². The molecule has 0 radical (unpaired) electrons. The monoisotopic (exact) mass is 437 g/mol. The molecular weight excluding hydrogens is 422 g/mol. The van der Waals surface area contributed by atoms with Crippen molar-refractivity contribution in [1.29, 1.82) is 0 Å². The summed E-state index contributed by atoms with van der Waals surface area (Å²) in [5.74, 6) is 0.0903. The molecule has 0 bridgehead atoms. The lowest BCUT2D eigenvalue weighted by Gasteiger charge is -2.18. The Bertz CT molecular complexity index is 975. The molecule has 8 heteroatoms. The smallest absolute Gasteiger partial charge is 0.264 e. The number of halogens is 1. The van der Waals surface area contributed by atoms with Crippen LogP contribution in [0.4, 0.5) is 0 Å². The molecule has 1 aliphatic heterocycles. The highest BCUT2D eigenvalue weighted by Gasteiger charge is 2.45. The van der Waals surface area contributed by atoms with Crippen LogP contribution < -0.4 is 14.2 Å². The van der Waals surface area contributed by atoms with E-state index in [1.54, 1.807) is 0 Å². The second-order valence-corrected chi connectivity index (χ2v) is 8.88. The molecule has 2 aromatic rings. The average Bonchev–Trinajstić information content (AvgIpc) is 3.42. The van der Waals surface area contributed by atoms with Gasteiger partial charge in [-0.1, -0.05) is 28.1 Å². The van der Waals surface area contributed by atoms with Crippen LogP contribution in [-0.2, 0) is 14.8 Å². The van der Waals surface area contributed by atoms with Crippen LogP contribution in [0.15, 0.2) is 51.8 Å². The van der Waals surface area contributed by atoms with E-state index in [4.69, 9.17) is 9.47 Å².